The van der Waals surface area contributed by atoms with Crippen LogP contribution >= 0.6 is 0 Å². The smallest absolute Gasteiger partial charge is 0.372 e. The van der Waals surface area contributed by atoms with Crippen LogP contribution in [0.15, 0.2) is 0 Å². The first-order valence-corrected chi connectivity index (χ1v) is 6.87. The molecule has 0 aromatic rings. The summed E-state index contributed by atoms with van der Waals surface area (Å²) in [6.07, 6.45) is 1.80. The van der Waals surface area contributed by atoms with Gasteiger partial charge in [0.2, 0.25) is 0 Å². The molecule has 0 amide bonds. The summed E-state index contributed by atoms with van der Waals surface area (Å²) in [4.78, 5) is 0. The highest BCUT2D eigenvalue weighted by molar-refractivity contribution is 4.65. The van der Waals surface area contributed by atoms with Gasteiger partial charge >= 0.3 is 6.18 Å². The molecule has 0 saturated heterocycles. The Kier molecular flexibility index (Phi) is 10.4. The molecule has 5 heteroatoms. The van der Waals surface area contributed by atoms with Gasteiger partial charge in [-0.05, 0) is 38.6 Å². The molecule has 1 unspecified atom stereocenters. The fourth-order valence-electron chi connectivity index (χ4n) is 1.83. The number of hydrogen-bond acceptors (Lipinski definition) is 2. The zero-order chi connectivity index (χ0) is 13.9. The van der Waals surface area contributed by atoms with Crippen LogP contribution in [0.2, 0.25) is 0 Å². The molecule has 1 N–H and O–H groups in total. The van der Waals surface area contributed by atoms with E-state index in [4.69, 9.17) is 0 Å². The second-order valence-electron chi connectivity index (χ2n) is 4.60. The highest BCUT2D eigenvalue weighted by Gasteiger charge is 2.27. The summed E-state index contributed by atoms with van der Waals surface area (Å²) in [5, 5.41) is 3.46. The van der Waals surface area contributed by atoms with Crippen LogP contribution in [0, 0.1) is 0 Å². The summed E-state index contributed by atoms with van der Waals surface area (Å²) >= 11 is 0. The van der Waals surface area contributed by atoms with Crippen LogP contribution in [0.5, 0.6) is 0 Å². The number of hydrogen-bond donors (Lipinski definition) is 1. The third-order valence-electron chi connectivity index (χ3n) is 2.68. The Balaban J connectivity index is 3.48. The van der Waals surface area contributed by atoms with Gasteiger partial charge in [0.15, 0.2) is 0 Å². The van der Waals surface area contributed by atoms with Gasteiger partial charge in [0.05, 0.1) is 0 Å². The lowest BCUT2D eigenvalue weighted by molar-refractivity contribution is -0.174. The molecule has 0 aliphatic heterocycles. The van der Waals surface area contributed by atoms with Crippen LogP contribution in [0.3, 0.4) is 0 Å². The van der Waals surface area contributed by atoms with Crippen molar-refractivity contribution in [1.82, 2.24) is 5.32 Å². The van der Waals surface area contributed by atoms with Crippen molar-refractivity contribution in [3.8, 4) is 0 Å². The summed E-state index contributed by atoms with van der Waals surface area (Å²) in [5.74, 6) is 0. The highest BCUT2D eigenvalue weighted by atomic mass is 19.4. The van der Waals surface area contributed by atoms with Gasteiger partial charge in [-0.15, -0.1) is 0 Å². The lowest BCUT2D eigenvalue weighted by Crippen LogP contribution is -2.29. The number of nitrogens with one attached hydrogen (secondary N) is 1. The second-order valence-corrected chi connectivity index (χ2v) is 4.60. The summed E-state index contributed by atoms with van der Waals surface area (Å²) in [6, 6.07) is 0.498. The molecule has 2 nitrogen and oxygen atoms in total. The van der Waals surface area contributed by atoms with Crippen molar-refractivity contribution in [3.05, 3.63) is 0 Å². The molecule has 0 rings (SSSR count). The minimum absolute atomic E-state index is 0.201. The predicted octanol–water partition coefficient (Wildman–Crippen LogP) is 3.90. The van der Waals surface area contributed by atoms with Crippen LogP contribution in [0.1, 0.15) is 52.4 Å². The van der Waals surface area contributed by atoms with Crippen molar-refractivity contribution in [1.29, 1.82) is 0 Å². The predicted molar refractivity (Wildman–Crippen MR) is 67.7 cm³/mol. The third kappa shape index (κ3) is 12.2. The minimum Gasteiger partial charge on any atom is -0.372 e. The Bertz CT molecular complexity index is 186. The fraction of sp³-hybridized carbons (Fsp3) is 1.00. The number of unbranched alkanes of at least 4 members (excludes halogenated alkanes) is 1. The standard InChI is InChI=1S/C13H26F3NO/c1-3-7-12(17-9-4-2)8-5-6-10-18-11-13(14,15)16/h12,17H,3-11H2,1-2H3. The van der Waals surface area contributed by atoms with Crippen LogP contribution in [-0.2, 0) is 4.74 Å². The molecule has 0 aromatic carbocycles. The van der Waals surface area contributed by atoms with Crippen LogP contribution < -0.4 is 5.32 Å². The van der Waals surface area contributed by atoms with Gasteiger partial charge < -0.3 is 10.1 Å². The molecule has 0 aliphatic carbocycles. The van der Waals surface area contributed by atoms with Gasteiger partial charge in [0.1, 0.15) is 6.61 Å². The van der Waals surface area contributed by atoms with Gasteiger partial charge in [-0.3, -0.25) is 0 Å². The van der Waals surface area contributed by atoms with E-state index in [0.29, 0.717) is 12.5 Å². The summed E-state index contributed by atoms with van der Waals surface area (Å²) in [6.45, 7) is 4.36. The van der Waals surface area contributed by atoms with E-state index in [-0.39, 0.29) is 6.61 Å². The van der Waals surface area contributed by atoms with Crippen LogP contribution in [-0.4, -0.2) is 32.0 Å². The van der Waals surface area contributed by atoms with Crippen LogP contribution in [0.4, 0.5) is 13.2 Å². The first-order chi connectivity index (χ1) is 8.49. The van der Waals surface area contributed by atoms with Crippen LogP contribution in [0.25, 0.3) is 0 Å². The Hall–Kier alpha value is -0.290. The van der Waals surface area contributed by atoms with E-state index in [1.807, 2.05) is 0 Å². The Morgan fingerprint density at radius 1 is 1.06 bits per heavy atom. The topological polar surface area (TPSA) is 21.3 Å². The largest absolute Gasteiger partial charge is 0.411 e. The van der Waals surface area contributed by atoms with Gasteiger partial charge in [-0.1, -0.05) is 20.3 Å². The SMILES string of the molecule is CCCNC(CCC)CCCCOCC(F)(F)F. The maximum atomic E-state index is 11.8. The lowest BCUT2D eigenvalue weighted by Gasteiger charge is -2.17. The number of alkyl halides is 3. The van der Waals surface area contributed by atoms with E-state index in [9.17, 15) is 13.2 Å². The molecule has 0 heterocycles. The molecule has 0 bridgehead atoms. The van der Waals surface area contributed by atoms with E-state index >= 15 is 0 Å². The van der Waals surface area contributed by atoms with E-state index < -0.39 is 12.8 Å². The molecular formula is C13H26F3NO. The van der Waals surface area contributed by atoms with E-state index in [1.54, 1.807) is 0 Å². The van der Waals surface area contributed by atoms with E-state index in [2.05, 4.69) is 23.9 Å². The molecular weight excluding hydrogens is 243 g/mol. The molecule has 0 fully saturated rings. The van der Waals surface area contributed by atoms with Gasteiger partial charge in [0, 0.05) is 12.6 Å². The summed E-state index contributed by atoms with van der Waals surface area (Å²) in [5.41, 5.74) is 0. The Morgan fingerprint density at radius 2 is 1.78 bits per heavy atom. The maximum Gasteiger partial charge on any atom is 0.411 e. The number of halogens is 3. The number of ether oxygens (including phenoxy) is 1. The normalized spacial score (nSPS) is 13.8. The van der Waals surface area contributed by atoms with Crippen molar-refractivity contribution < 1.29 is 17.9 Å². The maximum absolute atomic E-state index is 11.8. The lowest BCUT2D eigenvalue weighted by atomic mass is 10.0. The first kappa shape index (κ1) is 17.7. The molecule has 0 spiro atoms. The monoisotopic (exact) mass is 269 g/mol. The zero-order valence-electron chi connectivity index (χ0n) is 11.5. The summed E-state index contributed by atoms with van der Waals surface area (Å²) < 4.78 is 40.0. The van der Waals surface area contributed by atoms with Gasteiger partial charge in [-0.2, -0.15) is 13.2 Å². The van der Waals surface area contributed by atoms with Crippen molar-refractivity contribution in [2.75, 3.05) is 19.8 Å². The molecule has 18 heavy (non-hydrogen) atoms. The second kappa shape index (κ2) is 10.6. The average Bonchev–Trinajstić information content (AvgIpc) is 2.29. The average molecular weight is 269 g/mol. The molecule has 0 radical (unpaired) electrons. The molecule has 110 valence electrons. The van der Waals surface area contributed by atoms with E-state index in [1.165, 1.54) is 0 Å². The molecule has 1 atom stereocenters. The Morgan fingerprint density at radius 3 is 2.33 bits per heavy atom. The van der Waals surface area contributed by atoms with Gasteiger partial charge in [-0.25, -0.2) is 0 Å². The Labute approximate surface area is 108 Å². The highest BCUT2D eigenvalue weighted by Crippen LogP contribution is 2.15. The van der Waals surface area contributed by atoms with Crippen molar-refractivity contribution in [3.63, 3.8) is 0 Å². The molecule has 0 aliphatic rings. The summed E-state index contributed by atoms with van der Waals surface area (Å²) in [7, 11) is 0. The molecule has 0 aromatic heterocycles. The molecule has 0 saturated carbocycles. The van der Waals surface area contributed by atoms with Crippen molar-refractivity contribution in [2.24, 2.45) is 0 Å². The zero-order valence-corrected chi connectivity index (χ0v) is 11.5. The van der Waals surface area contributed by atoms with Crippen molar-refractivity contribution >= 4 is 0 Å². The van der Waals surface area contributed by atoms with Crippen molar-refractivity contribution in [2.45, 2.75) is 64.6 Å². The van der Waals surface area contributed by atoms with E-state index in [0.717, 1.165) is 38.6 Å². The number of rotatable bonds is 11. The quantitative estimate of drug-likeness (QED) is 0.574. The fourth-order valence-corrected chi connectivity index (χ4v) is 1.83. The third-order valence-corrected chi connectivity index (χ3v) is 2.68. The van der Waals surface area contributed by atoms with Gasteiger partial charge in [0.25, 0.3) is 0 Å². The first-order valence-electron chi connectivity index (χ1n) is 6.87. The minimum atomic E-state index is -4.20.